The first-order valence-electron chi connectivity index (χ1n) is 16.6. The molecule has 10 rings (SSSR count). The van der Waals surface area contributed by atoms with Crippen LogP contribution in [0.4, 0.5) is 17.1 Å². The number of rotatable bonds is 5. The Labute approximate surface area is 287 Å². The second kappa shape index (κ2) is 11.2. The summed E-state index contributed by atoms with van der Waals surface area (Å²) in [6, 6.07) is 63.3. The Morgan fingerprint density at radius 3 is 1.82 bits per heavy atom. The third-order valence-corrected chi connectivity index (χ3v) is 10.8. The highest BCUT2D eigenvalue weighted by Gasteiger charge is 2.19. The zero-order chi connectivity index (χ0) is 32.3. The van der Waals surface area contributed by atoms with E-state index >= 15 is 0 Å². The molecule has 0 aliphatic carbocycles. The average Bonchev–Trinajstić information content (AvgIpc) is 3.74. The van der Waals surface area contributed by atoms with Crippen molar-refractivity contribution in [2.24, 2.45) is 0 Å². The molecule has 0 N–H and O–H groups in total. The van der Waals surface area contributed by atoms with Gasteiger partial charge in [0.25, 0.3) is 0 Å². The zero-order valence-electron chi connectivity index (χ0n) is 26.5. The van der Waals surface area contributed by atoms with Gasteiger partial charge < -0.3 is 9.32 Å². The highest BCUT2D eigenvalue weighted by molar-refractivity contribution is 7.26. The fourth-order valence-electron chi connectivity index (χ4n) is 7.38. The summed E-state index contributed by atoms with van der Waals surface area (Å²) in [5.74, 6) is 0. The monoisotopic (exact) mass is 643 g/mol. The lowest BCUT2D eigenvalue weighted by molar-refractivity contribution is 0.669. The number of para-hydroxylation sites is 1. The van der Waals surface area contributed by atoms with Gasteiger partial charge in [-0.25, -0.2) is 0 Å². The highest BCUT2D eigenvalue weighted by atomic mass is 32.1. The largest absolute Gasteiger partial charge is 0.456 e. The predicted octanol–water partition coefficient (Wildman–Crippen LogP) is 13.9. The fourth-order valence-corrected chi connectivity index (χ4v) is 8.50. The van der Waals surface area contributed by atoms with E-state index in [-0.39, 0.29) is 0 Å². The van der Waals surface area contributed by atoms with Crippen LogP contribution in [-0.2, 0) is 0 Å². The smallest absolute Gasteiger partial charge is 0.137 e. The maximum Gasteiger partial charge on any atom is 0.137 e. The molecule has 2 nitrogen and oxygen atoms in total. The second-order valence-electron chi connectivity index (χ2n) is 12.5. The molecule has 0 bridgehead atoms. The van der Waals surface area contributed by atoms with Crippen molar-refractivity contribution in [3.8, 4) is 22.3 Å². The van der Waals surface area contributed by atoms with Crippen molar-refractivity contribution in [2.75, 3.05) is 4.90 Å². The standard InChI is InChI=1S/C46H29NOS/c1-3-11-30(12-4-1)36-23-20-34(28-41(36)31-13-5-2-6-14-31)47(35-22-25-39-38-15-7-9-17-42(38)48-43(39)29-35)33-21-24-37-32(27-33)19-26-45-46(37)40-16-8-10-18-44(40)49-45/h1-29H. The van der Waals surface area contributed by atoms with Crippen molar-refractivity contribution in [1.82, 2.24) is 0 Å². The van der Waals surface area contributed by atoms with Gasteiger partial charge in [-0.1, -0.05) is 115 Å². The van der Waals surface area contributed by atoms with Crippen LogP contribution in [0.3, 0.4) is 0 Å². The maximum absolute atomic E-state index is 6.41. The summed E-state index contributed by atoms with van der Waals surface area (Å²) in [4.78, 5) is 2.36. The van der Waals surface area contributed by atoms with Gasteiger partial charge in [0.1, 0.15) is 11.2 Å². The Hall–Kier alpha value is -6.16. The van der Waals surface area contributed by atoms with Crippen LogP contribution in [0.2, 0.25) is 0 Å². The summed E-state index contributed by atoms with van der Waals surface area (Å²) in [7, 11) is 0. The van der Waals surface area contributed by atoms with Gasteiger partial charge in [-0.15, -0.1) is 11.3 Å². The van der Waals surface area contributed by atoms with Gasteiger partial charge in [0.15, 0.2) is 0 Å². The van der Waals surface area contributed by atoms with E-state index in [2.05, 4.69) is 169 Å². The first-order valence-corrected chi connectivity index (χ1v) is 17.4. The van der Waals surface area contributed by atoms with E-state index < -0.39 is 0 Å². The summed E-state index contributed by atoms with van der Waals surface area (Å²) in [5.41, 5.74) is 9.75. The number of thiophene rings is 1. The number of nitrogens with zero attached hydrogens (tertiary/aromatic N) is 1. The first-order chi connectivity index (χ1) is 24.3. The molecular weight excluding hydrogens is 615 g/mol. The van der Waals surface area contributed by atoms with E-state index in [1.54, 1.807) is 0 Å². The van der Waals surface area contributed by atoms with Gasteiger partial charge in [0, 0.05) is 54.1 Å². The molecule has 0 saturated carbocycles. The van der Waals surface area contributed by atoms with E-state index in [0.717, 1.165) is 39.0 Å². The van der Waals surface area contributed by atoms with Gasteiger partial charge in [0.2, 0.25) is 0 Å². The number of anilines is 3. The molecule has 10 aromatic rings. The van der Waals surface area contributed by atoms with Crippen LogP contribution >= 0.6 is 11.3 Å². The Kier molecular flexibility index (Phi) is 6.39. The third-order valence-electron chi connectivity index (χ3n) is 9.65. The first kappa shape index (κ1) is 27.9. The Morgan fingerprint density at radius 1 is 0.388 bits per heavy atom. The summed E-state index contributed by atoms with van der Waals surface area (Å²) in [6.45, 7) is 0. The molecule has 0 radical (unpaired) electrons. The van der Waals surface area contributed by atoms with Crippen LogP contribution in [0.15, 0.2) is 180 Å². The van der Waals surface area contributed by atoms with Gasteiger partial charge in [0.05, 0.1) is 0 Å². The quantitative estimate of drug-likeness (QED) is 0.186. The summed E-state index contributed by atoms with van der Waals surface area (Å²) < 4.78 is 9.05. The summed E-state index contributed by atoms with van der Waals surface area (Å²) >= 11 is 1.86. The van der Waals surface area contributed by atoms with Crippen molar-refractivity contribution in [2.45, 2.75) is 0 Å². The molecule has 230 valence electrons. The Morgan fingerprint density at radius 2 is 1.00 bits per heavy atom. The maximum atomic E-state index is 6.41. The Bertz CT molecular complexity index is 2830. The number of hydrogen-bond acceptors (Lipinski definition) is 3. The summed E-state index contributed by atoms with van der Waals surface area (Å²) in [5, 5.41) is 7.39. The van der Waals surface area contributed by atoms with Crippen LogP contribution in [0, 0.1) is 0 Å². The minimum atomic E-state index is 0.875. The Balaban J connectivity index is 1.21. The van der Waals surface area contributed by atoms with Crippen molar-refractivity contribution >= 4 is 81.3 Å². The van der Waals surface area contributed by atoms with E-state index in [1.165, 1.54) is 53.2 Å². The van der Waals surface area contributed by atoms with Gasteiger partial charge in [-0.05, 0) is 87.6 Å². The molecular formula is C46H29NOS. The van der Waals surface area contributed by atoms with E-state index in [1.807, 2.05) is 23.5 Å². The highest BCUT2D eigenvalue weighted by Crippen LogP contribution is 2.44. The molecule has 0 spiro atoms. The van der Waals surface area contributed by atoms with E-state index in [9.17, 15) is 0 Å². The fraction of sp³-hybridized carbons (Fsp3) is 0. The van der Waals surface area contributed by atoms with Crippen molar-refractivity contribution in [3.63, 3.8) is 0 Å². The molecule has 2 aromatic heterocycles. The minimum absolute atomic E-state index is 0.875. The van der Waals surface area contributed by atoms with E-state index in [4.69, 9.17) is 4.42 Å². The molecule has 0 aliphatic rings. The lowest BCUT2D eigenvalue weighted by Gasteiger charge is -2.27. The predicted molar refractivity (Wildman–Crippen MR) is 210 cm³/mol. The van der Waals surface area contributed by atoms with Crippen LogP contribution in [0.5, 0.6) is 0 Å². The molecule has 3 heteroatoms. The lowest BCUT2D eigenvalue weighted by Crippen LogP contribution is -2.10. The third kappa shape index (κ3) is 4.62. The van der Waals surface area contributed by atoms with Crippen molar-refractivity contribution in [3.05, 3.63) is 176 Å². The van der Waals surface area contributed by atoms with Crippen LogP contribution in [0.1, 0.15) is 0 Å². The summed E-state index contributed by atoms with van der Waals surface area (Å²) in [6.07, 6.45) is 0. The topological polar surface area (TPSA) is 16.4 Å². The number of benzene rings is 8. The van der Waals surface area contributed by atoms with Gasteiger partial charge in [-0.2, -0.15) is 0 Å². The number of hydrogen-bond donors (Lipinski definition) is 0. The molecule has 8 aromatic carbocycles. The van der Waals surface area contributed by atoms with E-state index in [0.29, 0.717) is 0 Å². The van der Waals surface area contributed by atoms with Crippen LogP contribution < -0.4 is 4.90 Å². The number of furan rings is 1. The van der Waals surface area contributed by atoms with Crippen LogP contribution in [-0.4, -0.2) is 0 Å². The number of fused-ring (bicyclic) bond motifs is 8. The van der Waals surface area contributed by atoms with Crippen molar-refractivity contribution < 1.29 is 4.42 Å². The molecule has 2 heterocycles. The molecule has 0 aliphatic heterocycles. The molecule has 0 atom stereocenters. The van der Waals surface area contributed by atoms with Gasteiger partial charge >= 0.3 is 0 Å². The van der Waals surface area contributed by atoms with Crippen LogP contribution in [0.25, 0.3) is 75.1 Å². The molecule has 0 saturated heterocycles. The molecule has 0 fully saturated rings. The zero-order valence-corrected chi connectivity index (χ0v) is 27.3. The normalized spacial score (nSPS) is 11.7. The average molecular weight is 644 g/mol. The SMILES string of the molecule is c1ccc(-c2ccc(N(c3ccc4c(ccc5sc6ccccc6c54)c3)c3ccc4c(c3)oc3ccccc34)cc2-c2ccccc2)cc1. The lowest BCUT2D eigenvalue weighted by atomic mass is 9.93. The molecule has 0 amide bonds. The minimum Gasteiger partial charge on any atom is -0.456 e. The molecule has 0 unspecified atom stereocenters. The molecule has 49 heavy (non-hydrogen) atoms. The second-order valence-corrected chi connectivity index (χ2v) is 13.6. The van der Waals surface area contributed by atoms with Gasteiger partial charge in [-0.3, -0.25) is 0 Å². The van der Waals surface area contributed by atoms with Crippen molar-refractivity contribution in [1.29, 1.82) is 0 Å².